The number of anilines is 1. The monoisotopic (exact) mass is 328 g/mol. The molecule has 4 heteroatoms. The SMILES string of the molecule is Cc1cc(C(C)NCC(=O)N2c3ccccc3CC2C)c(C)s1. The number of carbonyl (C=O) groups excluding carboxylic acids is 1. The van der Waals surface area contributed by atoms with Crippen LogP contribution >= 0.6 is 11.3 Å². The first-order chi connectivity index (χ1) is 11.0. The number of fused-ring (bicyclic) bond motifs is 1. The van der Waals surface area contributed by atoms with Gasteiger partial charge in [-0.3, -0.25) is 4.79 Å². The highest BCUT2D eigenvalue weighted by Gasteiger charge is 2.30. The van der Waals surface area contributed by atoms with E-state index in [9.17, 15) is 4.79 Å². The smallest absolute Gasteiger partial charge is 0.241 e. The van der Waals surface area contributed by atoms with Gasteiger partial charge in [0.25, 0.3) is 0 Å². The van der Waals surface area contributed by atoms with Gasteiger partial charge >= 0.3 is 0 Å². The molecule has 1 aromatic carbocycles. The van der Waals surface area contributed by atoms with Crippen LogP contribution in [0.2, 0.25) is 0 Å². The quantitative estimate of drug-likeness (QED) is 0.920. The molecule has 0 bridgehead atoms. The van der Waals surface area contributed by atoms with Gasteiger partial charge in [-0.2, -0.15) is 0 Å². The van der Waals surface area contributed by atoms with Crippen LogP contribution in [-0.4, -0.2) is 18.5 Å². The third-order valence-corrected chi connectivity index (χ3v) is 5.56. The average Bonchev–Trinajstić information content (AvgIpc) is 3.02. The number of hydrogen-bond acceptors (Lipinski definition) is 3. The van der Waals surface area contributed by atoms with E-state index in [2.05, 4.69) is 45.1 Å². The predicted molar refractivity (Wildman–Crippen MR) is 97.3 cm³/mol. The molecule has 23 heavy (non-hydrogen) atoms. The van der Waals surface area contributed by atoms with Gasteiger partial charge in [0.05, 0.1) is 6.54 Å². The number of aryl methyl sites for hydroxylation is 2. The van der Waals surface area contributed by atoms with Crippen molar-refractivity contribution in [2.24, 2.45) is 0 Å². The third kappa shape index (κ3) is 3.19. The van der Waals surface area contributed by atoms with E-state index in [0.717, 1.165) is 12.1 Å². The minimum atomic E-state index is 0.152. The van der Waals surface area contributed by atoms with E-state index in [1.165, 1.54) is 20.9 Å². The van der Waals surface area contributed by atoms with Crippen LogP contribution < -0.4 is 10.2 Å². The first-order valence-corrected chi connectivity index (χ1v) is 8.99. The Bertz CT molecular complexity index is 722. The molecule has 1 aliphatic heterocycles. The molecule has 2 atom stereocenters. The second-order valence-electron chi connectivity index (χ2n) is 6.42. The fraction of sp³-hybridized carbons (Fsp3) is 0.421. The van der Waals surface area contributed by atoms with Gasteiger partial charge in [0.2, 0.25) is 5.91 Å². The molecule has 0 saturated carbocycles. The lowest BCUT2D eigenvalue weighted by atomic mass is 10.1. The topological polar surface area (TPSA) is 32.3 Å². The van der Waals surface area contributed by atoms with E-state index in [1.807, 2.05) is 34.4 Å². The molecule has 0 radical (unpaired) electrons. The van der Waals surface area contributed by atoms with Crippen LogP contribution in [0.25, 0.3) is 0 Å². The van der Waals surface area contributed by atoms with Crippen molar-refractivity contribution < 1.29 is 4.79 Å². The lowest BCUT2D eigenvalue weighted by Crippen LogP contribution is -2.42. The summed E-state index contributed by atoms with van der Waals surface area (Å²) < 4.78 is 0. The summed E-state index contributed by atoms with van der Waals surface area (Å²) in [5, 5.41) is 3.40. The third-order valence-electron chi connectivity index (χ3n) is 4.58. The van der Waals surface area contributed by atoms with Crippen molar-refractivity contribution in [3.8, 4) is 0 Å². The van der Waals surface area contributed by atoms with E-state index in [4.69, 9.17) is 0 Å². The number of thiophene rings is 1. The minimum absolute atomic E-state index is 0.152. The lowest BCUT2D eigenvalue weighted by Gasteiger charge is -2.24. The van der Waals surface area contributed by atoms with Gasteiger partial charge in [-0.1, -0.05) is 18.2 Å². The minimum Gasteiger partial charge on any atom is -0.308 e. The van der Waals surface area contributed by atoms with Crippen LogP contribution in [0.1, 0.15) is 40.8 Å². The zero-order chi connectivity index (χ0) is 16.6. The number of nitrogens with zero attached hydrogens (tertiary/aromatic N) is 1. The summed E-state index contributed by atoms with van der Waals surface area (Å²) in [6.45, 7) is 8.89. The molecule has 122 valence electrons. The molecule has 1 N–H and O–H groups in total. The van der Waals surface area contributed by atoms with Gasteiger partial charge in [-0.05, 0) is 57.4 Å². The lowest BCUT2D eigenvalue weighted by molar-refractivity contribution is -0.118. The highest BCUT2D eigenvalue weighted by Crippen LogP contribution is 2.32. The number of para-hydroxylation sites is 1. The molecule has 2 aromatic rings. The Balaban J connectivity index is 1.67. The Hall–Kier alpha value is -1.65. The summed E-state index contributed by atoms with van der Waals surface area (Å²) in [6, 6.07) is 10.9. The fourth-order valence-corrected chi connectivity index (χ4v) is 4.48. The van der Waals surface area contributed by atoms with Crippen LogP contribution in [0.3, 0.4) is 0 Å². The largest absolute Gasteiger partial charge is 0.308 e. The number of benzene rings is 1. The first kappa shape index (κ1) is 16.2. The van der Waals surface area contributed by atoms with E-state index in [0.29, 0.717) is 6.54 Å². The Morgan fingerprint density at radius 3 is 2.83 bits per heavy atom. The van der Waals surface area contributed by atoms with Crippen LogP contribution in [0.4, 0.5) is 5.69 Å². The molecule has 2 heterocycles. The molecular weight excluding hydrogens is 304 g/mol. The van der Waals surface area contributed by atoms with Crippen molar-refractivity contribution in [1.29, 1.82) is 0 Å². The standard InChI is InChI=1S/C19H24N2OS/c1-12-9-16-7-5-6-8-18(16)21(12)19(22)11-20-14(3)17-10-13(2)23-15(17)4/h5-8,10,12,14,20H,9,11H2,1-4H3. The van der Waals surface area contributed by atoms with Crippen LogP contribution in [0.5, 0.6) is 0 Å². The summed E-state index contributed by atoms with van der Waals surface area (Å²) in [5.74, 6) is 0.152. The van der Waals surface area contributed by atoms with E-state index in [1.54, 1.807) is 0 Å². The van der Waals surface area contributed by atoms with Crippen molar-refractivity contribution in [1.82, 2.24) is 5.32 Å². The second kappa shape index (κ2) is 6.46. The van der Waals surface area contributed by atoms with Gasteiger partial charge in [0, 0.05) is 27.5 Å². The molecule has 1 amide bonds. The highest BCUT2D eigenvalue weighted by atomic mass is 32.1. The van der Waals surface area contributed by atoms with Gasteiger partial charge in [-0.15, -0.1) is 11.3 Å². The number of carbonyl (C=O) groups is 1. The summed E-state index contributed by atoms with van der Waals surface area (Å²) in [7, 11) is 0. The van der Waals surface area contributed by atoms with E-state index >= 15 is 0 Å². The molecule has 0 saturated heterocycles. The van der Waals surface area contributed by atoms with Gasteiger partial charge in [-0.25, -0.2) is 0 Å². The predicted octanol–water partition coefficient (Wildman–Crippen LogP) is 3.99. The van der Waals surface area contributed by atoms with Gasteiger partial charge in [0.15, 0.2) is 0 Å². The molecule has 3 nitrogen and oxygen atoms in total. The maximum Gasteiger partial charge on any atom is 0.241 e. The normalized spacial score (nSPS) is 18.1. The maximum absolute atomic E-state index is 12.7. The second-order valence-corrected chi connectivity index (χ2v) is 7.88. The molecule has 1 aromatic heterocycles. The molecule has 2 unspecified atom stereocenters. The number of nitrogens with one attached hydrogen (secondary N) is 1. The Kier molecular flexibility index (Phi) is 4.55. The van der Waals surface area contributed by atoms with Crippen molar-refractivity contribution >= 4 is 22.9 Å². The molecule has 0 aliphatic carbocycles. The van der Waals surface area contributed by atoms with E-state index < -0.39 is 0 Å². The number of hydrogen-bond donors (Lipinski definition) is 1. The van der Waals surface area contributed by atoms with Crippen molar-refractivity contribution in [2.45, 2.75) is 46.2 Å². The Morgan fingerprint density at radius 2 is 2.13 bits per heavy atom. The van der Waals surface area contributed by atoms with Gasteiger partial charge in [0.1, 0.15) is 0 Å². The van der Waals surface area contributed by atoms with Crippen LogP contribution in [-0.2, 0) is 11.2 Å². The van der Waals surface area contributed by atoms with Crippen LogP contribution in [0, 0.1) is 13.8 Å². The number of amides is 1. The van der Waals surface area contributed by atoms with Crippen LogP contribution in [0.15, 0.2) is 30.3 Å². The summed E-state index contributed by atoms with van der Waals surface area (Å²) in [6.07, 6.45) is 0.945. The molecule has 0 fully saturated rings. The molecular formula is C19H24N2OS. The average molecular weight is 328 g/mol. The zero-order valence-electron chi connectivity index (χ0n) is 14.2. The number of rotatable bonds is 4. The summed E-state index contributed by atoms with van der Waals surface area (Å²) in [4.78, 5) is 17.3. The van der Waals surface area contributed by atoms with Crippen molar-refractivity contribution in [3.05, 3.63) is 51.2 Å². The molecule has 1 aliphatic rings. The fourth-order valence-electron chi connectivity index (χ4n) is 3.46. The Morgan fingerprint density at radius 1 is 1.39 bits per heavy atom. The highest BCUT2D eigenvalue weighted by molar-refractivity contribution is 7.12. The molecule has 0 spiro atoms. The van der Waals surface area contributed by atoms with E-state index in [-0.39, 0.29) is 18.0 Å². The van der Waals surface area contributed by atoms with Crippen molar-refractivity contribution in [3.63, 3.8) is 0 Å². The maximum atomic E-state index is 12.7. The first-order valence-electron chi connectivity index (χ1n) is 8.17. The van der Waals surface area contributed by atoms with Crippen molar-refractivity contribution in [2.75, 3.05) is 11.4 Å². The van der Waals surface area contributed by atoms with Gasteiger partial charge < -0.3 is 10.2 Å². The summed E-state index contributed by atoms with van der Waals surface area (Å²) >= 11 is 1.81. The Labute approximate surface area is 142 Å². The zero-order valence-corrected chi connectivity index (χ0v) is 15.0. The molecule has 3 rings (SSSR count). The summed E-state index contributed by atoms with van der Waals surface area (Å²) in [5.41, 5.74) is 3.64.